The zero-order valence-electron chi connectivity index (χ0n) is 10.8. The Labute approximate surface area is 111 Å². The Bertz CT molecular complexity index is 600. The molecule has 1 saturated heterocycles. The van der Waals surface area contributed by atoms with Gasteiger partial charge in [0.05, 0.1) is 6.10 Å². The van der Waals surface area contributed by atoms with Crippen LogP contribution in [-0.4, -0.2) is 30.1 Å². The number of aromatic nitrogens is 1. The molecule has 5 heteroatoms. The van der Waals surface area contributed by atoms with Crippen molar-refractivity contribution in [2.24, 2.45) is 0 Å². The third kappa shape index (κ3) is 2.61. The van der Waals surface area contributed by atoms with Crippen LogP contribution in [0, 0.1) is 6.92 Å². The van der Waals surface area contributed by atoms with Crippen LogP contribution in [0.3, 0.4) is 0 Å². The van der Waals surface area contributed by atoms with E-state index in [1.807, 2.05) is 0 Å². The van der Waals surface area contributed by atoms with E-state index in [2.05, 4.69) is 10.3 Å². The van der Waals surface area contributed by atoms with Crippen LogP contribution >= 0.6 is 0 Å². The molecule has 2 heterocycles. The minimum atomic E-state index is -0.0990. The molecule has 0 spiro atoms. The van der Waals surface area contributed by atoms with Crippen LogP contribution < -0.4 is 5.32 Å². The number of carbonyl (C=O) groups excluding carboxylic acids is 1. The first-order valence-electron chi connectivity index (χ1n) is 6.49. The van der Waals surface area contributed by atoms with Crippen LogP contribution in [0.4, 0.5) is 0 Å². The molecule has 1 atom stereocenters. The number of hydrogen-bond donors (Lipinski definition) is 1. The number of carbonyl (C=O) groups is 1. The maximum absolute atomic E-state index is 12.0. The maximum atomic E-state index is 12.0. The van der Waals surface area contributed by atoms with Gasteiger partial charge < -0.3 is 14.5 Å². The molecule has 1 aromatic carbocycles. The maximum Gasteiger partial charge on any atom is 0.251 e. The molecule has 1 N–H and O–H groups in total. The minimum absolute atomic E-state index is 0.0990. The molecule has 2 aromatic rings. The predicted molar refractivity (Wildman–Crippen MR) is 70.1 cm³/mol. The molecular formula is C14H16N2O3. The van der Waals surface area contributed by atoms with Gasteiger partial charge in [-0.3, -0.25) is 4.79 Å². The summed E-state index contributed by atoms with van der Waals surface area (Å²) in [6, 6.07) is 5.27. The Kier molecular flexibility index (Phi) is 3.21. The molecule has 0 aliphatic carbocycles. The smallest absolute Gasteiger partial charge is 0.251 e. The largest absolute Gasteiger partial charge is 0.441 e. The number of ether oxygens (including phenoxy) is 1. The number of aryl methyl sites for hydroxylation is 1. The molecule has 3 rings (SSSR count). The van der Waals surface area contributed by atoms with Crippen molar-refractivity contribution in [1.29, 1.82) is 0 Å². The van der Waals surface area contributed by atoms with Gasteiger partial charge in [0, 0.05) is 25.6 Å². The summed E-state index contributed by atoms with van der Waals surface area (Å²) in [6.07, 6.45) is 2.24. The van der Waals surface area contributed by atoms with Crippen LogP contribution in [0.1, 0.15) is 29.1 Å². The molecule has 19 heavy (non-hydrogen) atoms. The number of oxazole rings is 1. The van der Waals surface area contributed by atoms with E-state index in [0.29, 0.717) is 29.1 Å². The van der Waals surface area contributed by atoms with E-state index >= 15 is 0 Å². The van der Waals surface area contributed by atoms with Gasteiger partial charge in [0.2, 0.25) is 0 Å². The molecular weight excluding hydrogens is 244 g/mol. The number of nitrogens with one attached hydrogen (secondary N) is 1. The van der Waals surface area contributed by atoms with Gasteiger partial charge in [-0.05, 0) is 31.0 Å². The van der Waals surface area contributed by atoms with E-state index in [1.165, 1.54) is 0 Å². The van der Waals surface area contributed by atoms with E-state index in [-0.39, 0.29) is 12.0 Å². The lowest BCUT2D eigenvalue weighted by Gasteiger charge is -2.10. The second-order valence-corrected chi connectivity index (χ2v) is 4.76. The summed E-state index contributed by atoms with van der Waals surface area (Å²) >= 11 is 0. The van der Waals surface area contributed by atoms with Gasteiger partial charge in [-0.2, -0.15) is 0 Å². The van der Waals surface area contributed by atoms with Crippen molar-refractivity contribution in [3.8, 4) is 0 Å². The second kappa shape index (κ2) is 5.01. The highest BCUT2D eigenvalue weighted by atomic mass is 16.5. The highest BCUT2D eigenvalue weighted by molar-refractivity contribution is 5.97. The van der Waals surface area contributed by atoms with Crippen molar-refractivity contribution >= 4 is 17.0 Å². The van der Waals surface area contributed by atoms with Gasteiger partial charge in [-0.1, -0.05) is 0 Å². The van der Waals surface area contributed by atoms with Crippen molar-refractivity contribution in [2.75, 3.05) is 13.2 Å². The third-order valence-corrected chi connectivity index (χ3v) is 3.27. The van der Waals surface area contributed by atoms with Crippen molar-refractivity contribution in [2.45, 2.75) is 25.9 Å². The van der Waals surface area contributed by atoms with Crippen LogP contribution in [0.5, 0.6) is 0 Å². The van der Waals surface area contributed by atoms with Gasteiger partial charge in [0.25, 0.3) is 5.91 Å². The van der Waals surface area contributed by atoms with Crippen LogP contribution in [-0.2, 0) is 4.74 Å². The Morgan fingerprint density at radius 2 is 2.42 bits per heavy atom. The average Bonchev–Trinajstić information content (AvgIpc) is 3.02. The van der Waals surface area contributed by atoms with Crippen molar-refractivity contribution < 1.29 is 13.9 Å². The standard InChI is InChI=1S/C14H16N2O3/c1-9-16-12-7-10(4-5-13(12)19-9)14(17)15-8-11-3-2-6-18-11/h4-5,7,11H,2-3,6,8H2,1H3,(H,15,17). The van der Waals surface area contributed by atoms with Gasteiger partial charge in [-0.25, -0.2) is 4.98 Å². The Hall–Kier alpha value is -1.88. The van der Waals surface area contributed by atoms with E-state index in [9.17, 15) is 4.79 Å². The minimum Gasteiger partial charge on any atom is -0.441 e. The topological polar surface area (TPSA) is 64.4 Å². The molecule has 1 fully saturated rings. The summed E-state index contributed by atoms with van der Waals surface area (Å²) in [7, 11) is 0. The fraction of sp³-hybridized carbons (Fsp3) is 0.429. The molecule has 100 valence electrons. The number of rotatable bonds is 3. The number of benzene rings is 1. The molecule has 1 aliphatic heterocycles. The molecule has 1 amide bonds. The lowest BCUT2D eigenvalue weighted by Crippen LogP contribution is -2.31. The van der Waals surface area contributed by atoms with Gasteiger partial charge in [0.15, 0.2) is 11.5 Å². The summed E-state index contributed by atoms with van der Waals surface area (Å²) < 4.78 is 10.9. The normalized spacial score (nSPS) is 18.9. The molecule has 0 radical (unpaired) electrons. The third-order valence-electron chi connectivity index (χ3n) is 3.27. The molecule has 0 bridgehead atoms. The lowest BCUT2D eigenvalue weighted by atomic mass is 10.2. The van der Waals surface area contributed by atoms with Crippen LogP contribution in [0.15, 0.2) is 22.6 Å². The summed E-state index contributed by atoms with van der Waals surface area (Å²) in [5.41, 5.74) is 2.01. The van der Waals surface area contributed by atoms with E-state index in [4.69, 9.17) is 9.15 Å². The summed E-state index contributed by atoms with van der Waals surface area (Å²) in [4.78, 5) is 16.2. The molecule has 1 aromatic heterocycles. The zero-order chi connectivity index (χ0) is 13.2. The summed E-state index contributed by atoms with van der Waals surface area (Å²) in [6.45, 7) is 3.15. The van der Waals surface area contributed by atoms with E-state index in [1.54, 1.807) is 25.1 Å². The average molecular weight is 260 g/mol. The lowest BCUT2D eigenvalue weighted by molar-refractivity contribution is 0.0858. The Morgan fingerprint density at radius 1 is 1.53 bits per heavy atom. The number of amides is 1. The fourth-order valence-corrected chi connectivity index (χ4v) is 2.30. The van der Waals surface area contributed by atoms with Gasteiger partial charge in [-0.15, -0.1) is 0 Å². The van der Waals surface area contributed by atoms with Crippen LogP contribution in [0.25, 0.3) is 11.1 Å². The van der Waals surface area contributed by atoms with Gasteiger partial charge in [0.1, 0.15) is 5.52 Å². The number of nitrogens with zero attached hydrogens (tertiary/aromatic N) is 1. The molecule has 0 saturated carbocycles. The monoisotopic (exact) mass is 260 g/mol. The highest BCUT2D eigenvalue weighted by Gasteiger charge is 2.17. The van der Waals surface area contributed by atoms with Crippen molar-refractivity contribution in [3.05, 3.63) is 29.7 Å². The Morgan fingerprint density at radius 3 is 3.21 bits per heavy atom. The fourth-order valence-electron chi connectivity index (χ4n) is 2.30. The van der Waals surface area contributed by atoms with Gasteiger partial charge >= 0.3 is 0 Å². The zero-order valence-corrected chi connectivity index (χ0v) is 10.8. The number of fused-ring (bicyclic) bond motifs is 1. The first kappa shape index (κ1) is 12.2. The summed E-state index contributed by atoms with van der Waals surface area (Å²) in [5.74, 6) is 0.505. The molecule has 1 unspecified atom stereocenters. The molecule has 5 nitrogen and oxygen atoms in total. The van der Waals surface area contributed by atoms with E-state index < -0.39 is 0 Å². The van der Waals surface area contributed by atoms with E-state index in [0.717, 1.165) is 19.4 Å². The van der Waals surface area contributed by atoms with Crippen LogP contribution in [0.2, 0.25) is 0 Å². The Balaban J connectivity index is 1.69. The first-order valence-corrected chi connectivity index (χ1v) is 6.49. The number of hydrogen-bond acceptors (Lipinski definition) is 4. The van der Waals surface area contributed by atoms with Crippen molar-refractivity contribution in [3.63, 3.8) is 0 Å². The second-order valence-electron chi connectivity index (χ2n) is 4.76. The predicted octanol–water partition coefficient (Wildman–Crippen LogP) is 2.05. The van der Waals surface area contributed by atoms with Crippen molar-refractivity contribution in [1.82, 2.24) is 10.3 Å². The molecule has 1 aliphatic rings. The quantitative estimate of drug-likeness (QED) is 0.917. The first-order chi connectivity index (χ1) is 9.22. The SMILES string of the molecule is Cc1nc2cc(C(=O)NCC3CCCO3)ccc2o1. The summed E-state index contributed by atoms with van der Waals surface area (Å²) in [5, 5.41) is 2.89. The highest BCUT2D eigenvalue weighted by Crippen LogP contribution is 2.17.